The summed E-state index contributed by atoms with van der Waals surface area (Å²) in [6, 6.07) is 12.6. The van der Waals surface area contributed by atoms with Gasteiger partial charge in [0.25, 0.3) is 0 Å². The molecule has 21 heavy (non-hydrogen) atoms. The summed E-state index contributed by atoms with van der Waals surface area (Å²) in [6.07, 6.45) is 0.943. The average molecular weight is 305 g/mol. The van der Waals surface area contributed by atoms with Gasteiger partial charge in [0.2, 0.25) is 0 Å². The maximum Gasteiger partial charge on any atom is 0.119 e. The summed E-state index contributed by atoms with van der Waals surface area (Å²) >= 11 is 1.84. The zero-order valence-corrected chi connectivity index (χ0v) is 13.5. The lowest BCUT2D eigenvalue weighted by molar-refractivity contribution is 0.202. The van der Waals surface area contributed by atoms with E-state index in [1.165, 1.54) is 15.3 Å². The molecule has 2 aromatic rings. The van der Waals surface area contributed by atoms with E-state index in [0.717, 1.165) is 31.9 Å². The molecule has 4 heteroatoms. The predicted molar refractivity (Wildman–Crippen MR) is 88.3 cm³/mol. The summed E-state index contributed by atoms with van der Waals surface area (Å²) in [4.78, 5) is 2.73. The van der Waals surface area contributed by atoms with Gasteiger partial charge in [-0.1, -0.05) is 12.1 Å². The maximum absolute atomic E-state index is 5.72. The molecule has 1 heterocycles. The van der Waals surface area contributed by atoms with Gasteiger partial charge in [0, 0.05) is 30.0 Å². The molecule has 1 aromatic heterocycles. The molecule has 0 fully saturated rings. The molecular formula is C17H23NO2S. The molecule has 0 atom stereocenters. The third-order valence-electron chi connectivity index (χ3n) is 3.16. The van der Waals surface area contributed by atoms with E-state index in [1.807, 2.05) is 23.5 Å². The lowest BCUT2D eigenvalue weighted by atomic mass is 10.1. The zero-order chi connectivity index (χ0) is 14.9. The van der Waals surface area contributed by atoms with Crippen molar-refractivity contribution in [3.05, 3.63) is 51.7 Å². The van der Waals surface area contributed by atoms with Crippen LogP contribution in [0.1, 0.15) is 15.3 Å². The minimum Gasteiger partial charge on any atom is -0.492 e. The molecule has 0 aliphatic heterocycles. The van der Waals surface area contributed by atoms with E-state index in [-0.39, 0.29) is 0 Å². The van der Waals surface area contributed by atoms with Gasteiger partial charge in [0.1, 0.15) is 12.4 Å². The minimum absolute atomic E-state index is 0.682. The van der Waals surface area contributed by atoms with Gasteiger partial charge in [-0.25, -0.2) is 0 Å². The number of thiophene rings is 1. The number of rotatable bonds is 9. The second kappa shape index (κ2) is 8.82. The third kappa shape index (κ3) is 5.87. The van der Waals surface area contributed by atoms with E-state index in [1.54, 1.807) is 7.11 Å². The molecular weight excluding hydrogens is 282 g/mol. The Morgan fingerprint density at radius 3 is 2.52 bits per heavy atom. The second-order valence-corrected chi connectivity index (χ2v) is 6.30. The number of hydrogen-bond donors (Lipinski definition) is 1. The van der Waals surface area contributed by atoms with Crippen LogP contribution in [0.15, 0.2) is 36.4 Å². The van der Waals surface area contributed by atoms with Crippen LogP contribution in [0.2, 0.25) is 0 Å². The molecule has 114 valence electrons. The van der Waals surface area contributed by atoms with E-state index in [4.69, 9.17) is 9.47 Å². The number of aryl methyl sites for hydroxylation is 1. The molecule has 0 aliphatic carbocycles. The Balaban J connectivity index is 1.62. The first-order chi connectivity index (χ1) is 10.3. The predicted octanol–water partition coefficient (Wildman–Crippen LogP) is 3.41. The Morgan fingerprint density at radius 1 is 1.05 bits per heavy atom. The van der Waals surface area contributed by atoms with E-state index < -0.39 is 0 Å². The van der Waals surface area contributed by atoms with Gasteiger partial charge in [-0.2, -0.15) is 0 Å². The summed E-state index contributed by atoms with van der Waals surface area (Å²) in [5.74, 6) is 0.921. The molecule has 0 radical (unpaired) electrons. The van der Waals surface area contributed by atoms with E-state index >= 15 is 0 Å². The quantitative estimate of drug-likeness (QED) is 0.720. The van der Waals surface area contributed by atoms with Crippen molar-refractivity contribution in [3.63, 3.8) is 0 Å². The SMILES string of the molecule is COCCc1ccc(OCCNCc2ccc(C)s2)cc1. The van der Waals surface area contributed by atoms with E-state index in [9.17, 15) is 0 Å². The maximum atomic E-state index is 5.72. The molecule has 1 aromatic carbocycles. The van der Waals surface area contributed by atoms with Gasteiger partial charge in [-0.15, -0.1) is 11.3 Å². The second-order valence-electron chi connectivity index (χ2n) is 4.92. The number of ether oxygens (including phenoxy) is 2. The van der Waals surface area contributed by atoms with Crippen molar-refractivity contribution >= 4 is 11.3 Å². The molecule has 0 bridgehead atoms. The van der Waals surface area contributed by atoms with Crippen LogP contribution in [-0.4, -0.2) is 26.9 Å². The van der Waals surface area contributed by atoms with Crippen LogP contribution in [0.4, 0.5) is 0 Å². The fourth-order valence-corrected chi connectivity index (χ4v) is 2.86. The average Bonchev–Trinajstić information content (AvgIpc) is 2.91. The van der Waals surface area contributed by atoms with Gasteiger partial charge >= 0.3 is 0 Å². The van der Waals surface area contributed by atoms with Gasteiger partial charge in [-0.3, -0.25) is 0 Å². The monoisotopic (exact) mass is 305 g/mol. The minimum atomic E-state index is 0.682. The van der Waals surface area contributed by atoms with Crippen molar-refractivity contribution in [2.24, 2.45) is 0 Å². The molecule has 3 nitrogen and oxygen atoms in total. The number of hydrogen-bond acceptors (Lipinski definition) is 4. The van der Waals surface area contributed by atoms with Crippen LogP contribution in [0.5, 0.6) is 5.75 Å². The summed E-state index contributed by atoms with van der Waals surface area (Å²) in [5, 5.41) is 3.39. The lowest BCUT2D eigenvalue weighted by Gasteiger charge is -2.08. The highest BCUT2D eigenvalue weighted by atomic mass is 32.1. The van der Waals surface area contributed by atoms with Crippen LogP contribution in [0, 0.1) is 6.92 Å². The Morgan fingerprint density at radius 2 is 1.86 bits per heavy atom. The van der Waals surface area contributed by atoms with Crippen LogP contribution >= 0.6 is 11.3 Å². The smallest absolute Gasteiger partial charge is 0.119 e. The molecule has 0 aliphatic rings. The molecule has 0 saturated carbocycles. The Kier molecular flexibility index (Phi) is 6.73. The van der Waals surface area contributed by atoms with Gasteiger partial charge in [0.05, 0.1) is 6.61 Å². The molecule has 1 N–H and O–H groups in total. The number of nitrogens with one attached hydrogen (secondary N) is 1. The highest BCUT2D eigenvalue weighted by Crippen LogP contribution is 2.14. The van der Waals surface area contributed by atoms with E-state index in [2.05, 4.69) is 36.5 Å². The van der Waals surface area contributed by atoms with Gasteiger partial charge < -0.3 is 14.8 Å². The fourth-order valence-electron chi connectivity index (χ4n) is 2.01. The van der Waals surface area contributed by atoms with Crippen molar-refractivity contribution in [3.8, 4) is 5.75 Å². The lowest BCUT2D eigenvalue weighted by Crippen LogP contribution is -2.20. The normalized spacial score (nSPS) is 10.8. The summed E-state index contributed by atoms with van der Waals surface area (Å²) in [6.45, 7) is 5.34. The van der Waals surface area contributed by atoms with Crippen molar-refractivity contribution < 1.29 is 9.47 Å². The highest BCUT2D eigenvalue weighted by Gasteiger charge is 1.98. The number of benzene rings is 1. The Bertz CT molecular complexity index is 522. The van der Waals surface area contributed by atoms with Crippen LogP contribution in [-0.2, 0) is 17.7 Å². The summed E-state index contributed by atoms with van der Waals surface area (Å²) in [7, 11) is 1.72. The topological polar surface area (TPSA) is 30.5 Å². The standard InChI is InChI=1S/C17H23NO2S/c1-14-3-8-17(21-14)13-18-10-12-20-16-6-4-15(5-7-16)9-11-19-2/h3-8,18H,9-13H2,1-2H3. The molecule has 2 rings (SSSR count). The van der Waals surface area contributed by atoms with Crippen LogP contribution in [0.3, 0.4) is 0 Å². The zero-order valence-electron chi connectivity index (χ0n) is 12.7. The van der Waals surface area contributed by atoms with E-state index in [0.29, 0.717) is 6.61 Å². The molecule has 0 amide bonds. The fraction of sp³-hybridized carbons (Fsp3) is 0.412. The third-order valence-corrected chi connectivity index (χ3v) is 4.16. The first kappa shape index (κ1) is 16.0. The van der Waals surface area contributed by atoms with Crippen molar-refractivity contribution in [1.82, 2.24) is 5.32 Å². The van der Waals surface area contributed by atoms with Crippen molar-refractivity contribution in [2.75, 3.05) is 26.9 Å². The Hall–Kier alpha value is -1.36. The largest absolute Gasteiger partial charge is 0.492 e. The molecule has 0 saturated heterocycles. The van der Waals surface area contributed by atoms with Crippen LogP contribution < -0.4 is 10.1 Å². The van der Waals surface area contributed by atoms with Crippen molar-refractivity contribution in [1.29, 1.82) is 0 Å². The summed E-state index contributed by atoms with van der Waals surface area (Å²) < 4.78 is 10.8. The summed E-state index contributed by atoms with van der Waals surface area (Å²) in [5.41, 5.74) is 1.27. The first-order valence-corrected chi connectivity index (χ1v) is 8.06. The highest BCUT2D eigenvalue weighted by molar-refractivity contribution is 7.11. The van der Waals surface area contributed by atoms with Gasteiger partial charge in [0.15, 0.2) is 0 Å². The molecule has 0 unspecified atom stereocenters. The van der Waals surface area contributed by atoms with Crippen LogP contribution in [0.25, 0.3) is 0 Å². The molecule has 0 spiro atoms. The van der Waals surface area contributed by atoms with Gasteiger partial charge in [-0.05, 0) is 43.2 Å². The Labute approximate surface area is 130 Å². The number of methoxy groups -OCH3 is 1. The first-order valence-electron chi connectivity index (χ1n) is 7.24. The van der Waals surface area contributed by atoms with Crippen molar-refractivity contribution in [2.45, 2.75) is 19.9 Å².